The van der Waals surface area contributed by atoms with E-state index in [4.69, 9.17) is 25.8 Å². The molecule has 0 bridgehead atoms. The van der Waals surface area contributed by atoms with Gasteiger partial charge in [0.05, 0.1) is 18.8 Å². The van der Waals surface area contributed by atoms with Crippen molar-refractivity contribution in [3.8, 4) is 11.5 Å². The fourth-order valence-corrected chi connectivity index (χ4v) is 2.49. The average Bonchev–Trinajstić information content (AvgIpc) is 2.60. The Hall–Kier alpha value is -2.53. The zero-order valence-corrected chi connectivity index (χ0v) is 15.9. The van der Waals surface area contributed by atoms with Crippen molar-refractivity contribution in [3.63, 3.8) is 0 Å². The number of ketones is 1. The average molecular weight is 377 g/mol. The van der Waals surface area contributed by atoms with Crippen molar-refractivity contribution >= 4 is 23.4 Å². The van der Waals surface area contributed by atoms with E-state index in [-0.39, 0.29) is 17.5 Å². The summed E-state index contributed by atoms with van der Waals surface area (Å²) < 4.78 is 16.2. The number of ether oxygens (including phenoxy) is 3. The topological polar surface area (TPSA) is 61.8 Å². The highest BCUT2D eigenvalue weighted by atomic mass is 35.5. The third-order valence-corrected chi connectivity index (χ3v) is 3.76. The van der Waals surface area contributed by atoms with E-state index < -0.39 is 12.1 Å². The number of hydrogen-bond donors (Lipinski definition) is 0. The monoisotopic (exact) mass is 376 g/mol. The molecule has 0 aliphatic rings. The van der Waals surface area contributed by atoms with Gasteiger partial charge in [0.2, 0.25) is 5.78 Å². The van der Waals surface area contributed by atoms with Gasteiger partial charge in [0.1, 0.15) is 0 Å². The van der Waals surface area contributed by atoms with Crippen LogP contribution in [0.2, 0.25) is 5.02 Å². The summed E-state index contributed by atoms with van der Waals surface area (Å²) in [5, 5.41) is 0.444. The maximum Gasteiger partial charge on any atom is 0.338 e. The van der Waals surface area contributed by atoms with E-state index >= 15 is 0 Å². The molecule has 1 atom stereocenters. The highest BCUT2D eigenvalue weighted by Gasteiger charge is 2.21. The Labute approximate surface area is 157 Å². The minimum Gasteiger partial charge on any atom is -0.493 e. The lowest BCUT2D eigenvalue weighted by Crippen LogP contribution is -2.24. The number of esters is 1. The third kappa shape index (κ3) is 4.99. The molecular weight excluding hydrogens is 356 g/mol. The quantitative estimate of drug-likeness (QED) is 0.523. The van der Waals surface area contributed by atoms with Crippen LogP contribution in [0.1, 0.15) is 41.5 Å². The smallest absolute Gasteiger partial charge is 0.338 e. The predicted molar refractivity (Wildman–Crippen MR) is 99.4 cm³/mol. The minimum absolute atomic E-state index is 0.0305. The Morgan fingerprint density at radius 3 is 2.31 bits per heavy atom. The number of Topliss-reactive ketones (excluding diaryl/α,β-unsaturated/α-hetero) is 1. The summed E-state index contributed by atoms with van der Waals surface area (Å²) in [7, 11) is 1.49. The molecule has 26 heavy (non-hydrogen) atoms. The highest BCUT2D eigenvalue weighted by molar-refractivity contribution is 6.31. The van der Waals surface area contributed by atoms with E-state index in [1.54, 1.807) is 30.3 Å². The second kappa shape index (κ2) is 8.72. The Bertz CT molecular complexity index is 801. The van der Waals surface area contributed by atoms with Gasteiger partial charge < -0.3 is 14.2 Å². The summed E-state index contributed by atoms with van der Waals surface area (Å²) in [5.74, 6) is -0.000996. The van der Waals surface area contributed by atoms with Crippen LogP contribution < -0.4 is 9.47 Å². The molecule has 2 aromatic carbocycles. The predicted octanol–water partition coefficient (Wildman–Crippen LogP) is 4.56. The van der Waals surface area contributed by atoms with Gasteiger partial charge in [-0.2, -0.15) is 0 Å². The molecule has 0 radical (unpaired) electrons. The van der Waals surface area contributed by atoms with Gasteiger partial charge in [-0.1, -0.05) is 23.7 Å². The molecule has 0 saturated heterocycles. The summed E-state index contributed by atoms with van der Waals surface area (Å²) in [5.41, 5.74) is 0.653. The van der Waals surface area contributed by atoms with Crippen molar-refractivity contribution in [2.24, 2.45) is 0 Å². The summed E-state index contributed by atoms with van der Waals surface area (Å²) in [6.07, 6.45) is -0.976. The van der Waals surface area contributed by atoms with Crippen LogP contribution >= 0.6 is 11.6 Å². The van der Waals surface area contributed by atoms with Crippen LogP contribution in [0.3, 0.4) is 0 Å². The second-order valence-electron chi connectivity index (χ2n) is 5.95. The molecule has 0 amide bonds. The number of carbonyl (C=O) groups excluding carboxylic acids is 2. The zero-order valence-electron chi connectivity index (χ0n) is 15.1. The summed E-state index contributed by atoms with van der Waals surface area (Å²) in [6.45, 7) is 5.31. The highest BCUT2D eigenvalue weighted by Crippen LogP contribution is 2.29. The molecule has 0 fully saturated rings. The largest absolute Gasteiger partial charge is 0.493 e. The molecule has 6 heteroatoms. The van der Waals surface area contributed by atoms with E-state index in [9.17, 15) is 9.59 Å². The van der Waals surface area contributed by atoms with Crippen LogP contribution in [-0.4, -0.2) is 31.1 Å². The van der Waals surface area contributed by atoms with E-state index in [0.29, 0.717) is 22.1 Å². The van der Waals surface area contributed by atoms with Gasteiger partial charge in [-0.25, -0.2) is 4.79 Å². The number of halogens is 1. The van der Waals surface area contributed by atoms with Crippen molar-refractivity contribution in [2.45, 2.75) is 33.0 Å². The van der Waals surface area contributed by atoms with Gasteiger partial charge >= 0.3 is 5.97 Å². The standard InChI is InChI=1S/C20H21ClO5/c1-12(2)25-17-9-8-15(11-18(17)24-4)20(23)26-13(3)19(22)14-6-5-7-16(21)10-14/h5-13H,1-4H3. The summed E-state index contributed by atoms with van der Waals surface area (Å²) >= 11 is 5.89. The summed E-state index contributed by atoms with van der Waals surface area (Å²) in [4.78, 5) is 24.7. The van der Waals surface area contributed by atoms with Crippen LogP contribution in [-0.2, 0) is 4.74 Å². The van der Waals surface area contributed by atoms with Gasteiger partial charge in [0.15, 0.2) is 17.6 Å². The van der Waals surface area contributed by atoms with Crippen molar-refractivity contribution in [3.05, 3.63) is 58.6 Å². The number of carbonyl (C=O) groups is 2. The van der Waals surface area contributed by atoms with Crippen LogP contribution in [0.15, 0.2) is 42.5 Å². The van der Waals surface area contributed by atoms with E-state index in [0.717, 1.165) is 0 Å². The number of methoxy groups -OCH3 is 1. The van der Waals surface area contributed by atoms with Gasteiger partial charge in [0, 0.05) is 10.6 Å². The molecule has 0 aliphatic heterocycles. The van der Waals surface area contributed by atoms with E-state index in [1.165, 1.54) is 26.2 Å². The van der Waals surface area contributed by atoms with Crippen molar-refractivity contribution in [1.82, 2.24) is 0 Å². The van der Waals surface area contributed by atoms with Gasteiger partial charge in [-0.15, -0.1) is 0 Å². The van der Waals surface area contributed by atoms with Crippen LogP contribution in [0.4, 0.5) is 0 Å². The maximum absolute atomic E-state index is 12.4. The number of rotatable bonds is 7. The molecule has 0 heterocycles. The van der Waals surface area contributed by atoms with Crippen LogP contribution in [0.5, 0.6) is 11.5 Å². The minimum atomic E-state index is -0.946. The molecule has 1 unspecified atom stereocenters. The van der Waals surface area contributed by atoms with Crippen LogP contribution in [0.25, 0.3) is 0 Å². The SMILES string of the molecule is COc1cc(C(=O)OC(C)C(=O)c2cccc(Cl)c2)ccc1OC(C)C. The molecule has 5 nitrogen and oxygen atoms in total. The normalized spacial score (nSPS) is 11.8. The Morgan fingerprint density at radius 1 is 0.962 bits per heavy atom. The first-order valence-electron chi connectivity index (χ1n) is 8.17. The number of hydrogen-bond acceptors (Lipinski definition) is 5. The molecule has 2 aromatic rings. The first-order valence-corrected chi connectivity index (χ1v) is 8.55. The second-order valence-corrected chi connectivity index (χ2v) is 6.39. The van der Waals surface area contributed by atoms with Crippen molar-refractivity contribution in [2.75, 3.05) is 7.11 Å². The molecule has 0 aliphatic carbocycles. The van der Waals surface area contributed by atoms with Gasteiger partial charge in [-0.3, -0.25) is 4.79 Å². The van der Waals surface area contributed by atoms with Gasteiger partial charge in [-0.05, 0) is 51.1 Å². The molecule has 0 saturated carbocycles. The van der Waals surface area contributed by atoms with E-state index in [1.807, 2.05) is 13.8 Å². The molecule has 0 N–H and O–H groups in total. The van der Waals surface area contributed by atoms with Crippen LogP contribution in [0, 0.1) is 0 Å². The van der Waals surface area contributed by atoms with Crippen molar-refractivity contribution in [1.29, 1.82) is 0 Å². The fraction of sp³-hybridized carbons (Fsp3) is 0.300. The molecule has 2 rings (SSSR count). The summed E-state index contributed by atoms with van der Waals surface area (Å²) in [6, 6.07) is 11.2. The Kier molecular flexibility index (Phi) is 6.64. The lowest BCUT2D eigenvalue weighted by molar-refractivity contribution is 0.0318. The Balaban J connectivity index is 2.12. The van der Waals surface area contributed by atoms with Crippen molar-refractivity contribution < 1.29 is 23.8 Å². The van der Waals surface area contributed by atoms with Gasteiger partial charge in [0.25, 0.3) is 0 Å². The third-order valence-electron chi connectivity index (χ3n) is 3.52. The maximum atomic E-state index is 12.4. The Morgan fingerprint density at radius 2 is 1.69 bits per heavy atom. The molecule has 0 aromatic heterocycles. The zero-order chi connectivity index (χ0) is 19.3. The van der Waals surface area contributed by atoms with E-state index in [2.05, 4.69) is 0 Å². The number of benzene rings is 2. The fourth-order valence-electron chi connectivity index (χ4n) is 2.30. The lowest BCUT2D eigenvalue weighted by atomic mass is 10.1. The lowest BCUT2D eigenvalue weighted by Gasteiger charge is -2.15. The molecule has 0 spiro atoms. The molecular formula is C20H21ClO5. The molecule has 138 valence electrons. The first-order chi connectivity index (χ1) is 12.3. The first kappa shape index (κ1) is 19.8.